The van der Waals surface area contributed by atoms with E-state index in [1.165, 1.54) is 0 Å². The lowest BCUT2D eigenvalue weighted by Gasteiger charge is -2.45. The predicted molar refractivity (Wildman–Crippen MR) is 83.9 cm³/mol. The summed E-state index contributed by atoms with van der Waals surface area (Å²) in [7, 11) is 0. The van der Waals surface area contributed by atoms with Crippen LogP contribution < -0.4 is 10.6 Å². The van der Waals surface area contributed by atoms with E-state index in [0.717, 1.165) is 38.3 Å². The largest absolute Gasteiger partial charge is 0.392 e. The molecule has 1 aliphatic carbocycles. The van der Waals surface area contributed by atoms with E-state index in [4.69, 9.17) is 18.0 Å². The van der Waals surface area contributed by atoms with Gasteiger partial charge in [0.25, 0.3) is 0 Å². The summed E-state index contributed by atoms with van der Waals surface area (Å²) in [6, 6.07) is 1.80. The second kappa shape index (κ2) is 5.55. The Labute approximate surface area is 129 Å². The van der Waals surface area contributed by atoms with E-state index in [2.05, 4.69) is 14.9 Å². The molecule has 0 aromatic carbocycles. The lowest BCUT2D eigenvalue weighted by Crippen LogP contribution is -2.58. The fourth-order valence-corrected chi connectivity index (χ4v) is 3.25. The molecule has 2 heterocycles. The highest BCUT2D eigenvalue weighted by Gasteiger charge is 2.49. The lowest BCUT2D eigenvalue weighted by atomic mass is 9.67. The van der Waals surface area contributed by atoms with E-state index in [-0.39, 0.29) is 5.91 Å². The average Bonchev–Trinajstić information content (AvgIpc) is 2.47. The van der Waals surface area contributed by atoms with Gasteiger partial charge in [-0.25, -0.2) is 9.97 Å². The van der Waals surface area contributed by atoms with Gasteiger partial charge in [0.15, 0.2) is 0 Å². The molecule has 1 aromatic rings. The topological polar surface area (TPSA) is 75.4 Å². The summed E-state index contributed by atoms with van der Waals surface area (Å²) in [6.07, 6.45) is 6.08. The van der Waals surface area contributed by atoms with Gasteiger partial charge in [-0.15, -0.1) is 0 Å². The molecule has 0 bridgehead atoms. The lowest BCUT2D eigenvalue weighted by molar-refractivity contribution is -0.142. The molecule has 112 valence electrons. The first kappa shape index (κ1) is 14.2. The van der Waals surface area contributed by atoms with Crippen LogP contribution in [0, 0.1) is 5.41 Å². The number of carbonyl (C=O) groups excluding carboxylic acids is 1. The van der Waals surface area contributed by atoms with Gasteiger partial charge < -0.3 is 15.5 Å². The normalized spacial score (nSPS) is 20.8. The van der Waals surface area contributed by atoms with Gasteiger partial charge in [0, 0.05) is 38.6 Å². The van der Waals surface area contributed by atoms with Gasteiger partial charge >= 0.3 is 0 Å². The third-order valence-electron chi connectivity index (χ3n) is 4.49. The fraction of sp³-hybridized carbons (Fsp3) is 0.571. The first-order valence-electron chi connectivity index (χ1n) is 7.25. The molecule has 1 saturated carbocycles. The molecule has 0 radical (unpaired) electrons. The second-order valence-electron chi connectivity index (χ2n) is 5.63. The monoisotopic (exact) mass is 305 g/mol. The smallest absolute Gasteiger partial charge is 0.235 e. The van der Waals surface area contributed by atoms with Crippen LogP contribution in [0.4, 0.5) is 5.95 Å². The average molecular weight is 305 g/mol. The highest BCUT2D eigenvalue weighted by Crippen LogP contribution is 2.43. The van der Waals surface area contributed by atoms with Crippen molar-refractivity contribution >= 4 is 29.1 Å². The van der Waals surface area contributed by atoms with Crippen molar-refractivity contribution in [1.29, 1.82) is 0 Å². The number of aromatic nitrogens is 2. The maximum Gasteiger partial charge on any atom is 0.235 e. The van der Waals surface area contributed by atoms with Crippen LogP contribution >= 0.6 is 12.2 Å². The van der Waals surface area contributed by atoms with Crippen molar-refractivity contribution in [3.05, 3.63) is 18.5 Å². The number of nitrogens with zero attached hydrogens (tertiary/aromatic N) is 4. The van der Waals surface area contributed by atoms with Gasteiger partial charge in [0.2, 0.25) is 11.9 Å². The minimum absolute atomic E-state index is 0.106. The number of carbonyl (C=O) groups is 1. The Kier molecular flexibility index (Phi) is 3.75. The number of hydrogen-bond acceptors (Lipinski definition) is 5. The third-order valence-corrected chi connectivity index (χ3v) is 4.88. The fourth-order valence-electron chi connectivity index (χ4n) is 2.96. The Morgan fingerprint density at radius 2 is 1.81 bits per heavy atom. The van der Waals surface area contributed by atoms with E-state index in [1.807, 2.05) is 4.90 Å². The van der Waals surface area contributed by atoms with Crippen molar-refractivity contribution < 1.29 is 4.79 Å². The van der Waals surface area contributed by atoms with E-state index >= 15 is 0 Å². The Morgan fingerprint density at radius 3 is 2.29 bits per heavy atom. The zero-order valence-corrected chi connectivity index (χ0v) is 12.7. The SMILES string of the molecule is NC(=S)C1(C(=O)N2CCN(c3ncccn3)CC2)CCC1. The molecule has 0 spiro atoms. The highest BCUT2D eigenvalue weighted by molar-refractivity contribution is 7.80. The minimum Gasteiger partial charge on any atom is -0.392 e. The number of piperazine rings is 1. The zero-order valence-electron chi connectivity index (χ0n) is 11.9. The summed E-state index contributed by atoms with van der Waals surface area (Å²) in [5.74, 6) is 0.826. The van der Waals surface area contributed by atoms with Crippen LogP contribution in [0.5, 0.6) is 0 Å². The molecule has 0 atom stereocenters. The standard InChI is InChI=1S/C14H19N5OS/c15-11(21)14(3-1-4-14)12(20)18-7-9-19(10-8-18)13-16-5-2-6-17-13/h2,5-6H,1,3-4,7-10H2,(H2,15,21). The van der Waals surface area contributed by atoms with Crippen LogP contribution in [-0.2, 0) is 4.79 Å². The zero-order chi connectivity index (χ0) is 14.9. The Bertz CT molecular complexity index is 538. The molecular formula is C14H19N5OS. The minimum atomic E-state index is -0.569. The van der Waals surface area contributed by atoms with Crippen molar-refractivity contribution in [1.82, 2.24) is 14.9 Å². The molecule has 3 rings (SSSR count). The summed E-state index contributed by atoms with van der Waals surface area (Å²) in [4.78, 5) is 25.5. The second-order valence-corrected chi connectivity index (χ2v) is 6.07. The van der Waals surface area contributed by atoms with Gasteiger partial charge in [0.1, 0.15) is 0 Å². The molecule has 6 nitrogen and oxygen atoms in total. The van der Waals surface area contributed by atoms with Gasteiger partial charge in [-0.2, -0.15) is 0 Å². The maximum atomic E-state index is 12.7. The van der Waals surface area contributed by atoms with Crippen LogP contribution in [0.25, 0.3) is 0 Å². The molecule has 21 heavy (non-hydrogen) atoms. The van der Waals surface area contributed by atoms with E-state index in [1.54, 1.807) is 18.5 Å². The summed E-state index contributed by atoms with van der Waals surface area (Å²) in [6.45, 7) is 2.81. The summed E-state index contributed by atoms with van der Waals surface area (Å²) < 4.78 is 0. The van der Waals surface area contributed by atoms with Crippen molar-refractivity contribution in [3.8, 4) is 0 Å². The Balaban J connectivity index is 1.63. The first-order valence-corrected chi connectivity index (χ1v) is 7.65. The molecule has 2 aliphatic rings. The number of amides is 1. The van der Waals surface area contributed by atoms with Gasteiger partial charge in [-0.05, 0) is 18.9 Å². The molecule has 7 heteroatoms. The van der Waals surface area contributed by atoms with Gasteiger partial charge in [0.05, 0.1) is 10.4 Å². The first-order chi connectivity index (χ1) is 10.1. The molecule has 2 fully saturated rings. The Hall–Kier alpha value is -1.76. The summed E-state index contributed by atoms with van der Waals surface area (Å²) in [5.41, 5.74) is 5.24. The van der Waals surface area contributed by atoms with E-state index in [9.17, 15) is 4.79 Å². The molecule has 1 aromatic heterocycles. The highest BCUT2D eigenvalue weighted by atomic mass is 32.1. The van der Waals surface area contributed by atoms with E-state index in [0.29, 0.717) is 18.1 Å². The van der Waals surface area contributed by atoms with Crippen molar-refractivity contribution in [2.75, 3.05) is 31.1 Å². The number of anilines is 1. The van der Waals surface area contributed by atoms with Crippen LogP contribution in [0.15, 0.2) is 18.5 Å². The molecule has 0 unspecified atom stereocenters. The van der Waals surface area contributed by atoms with Crippen LogP contribution in [0.1, 0.15) is 19.3 Å². The summed E-state index contributed by atoms with van der Waals surface area (Å²) >= 11 is 5.13. The maximum absolute atomic E-state index is 12.7. The van der Waals surface area contributed by atoms with Crippen LogP contribution in [0.2, 0.25) is 0 Å². The third kappa shape index (κ3) is 2.46. The number of nitrogens with two attached hydrogens (primary N) is 1. The summed E-state index contributed by atoms with van der Waals surface area (Å²) in [5, 5.41) is 0. The number of rotatable bonds is 3. The molecular weight excluding hydrogens is 286 g/mol. The van der Waals surface area contributed by atoms with Crippen LogP contribution in [-0.4, -0.2) is 51.9 Å². The van der Waals surface area contributed by atoms with Crippen molar-refractivity contribution in [2.24, 2.45) is 11.1 Å². The number of thiocarbonyl (C=S) groups is 1. The van der Waals surface area contributed by atoms with Gasteiger partial charge in [-0.3, -0.25) is 4.79 Å². The molecule has 1 aliphatic heterocycles. The quantitative estimate of drug-likeness (QED) is 0.824. The molecule has 1 saturated heterocycles. The molecule has 1 amide bonds. The van der Waals surface area contributed by atoms with E-state index < -0.39 is 5.41 Å². The Morgan fingerprint density at radius 1 is 1.19 bits per heavy atom. The predicted octanol–water partition coefficient (Wildman–Crippen LogP) is 0.582. The molecule has 2 N–H and O–H groups in total. The van der Waals surface area contributed by atoms with Gasteiger partial charge in [-0.1, -0.05) is 18.6 Å². The van der Waals surface area contributed by atoms with Crippen molar-refractivity contribution in [3.63, 3.8) is 0 Å². The number of hydrogen-bond donors (Lipinski definition) is 1. The van der Waals surface area contributed by atoms with Crippen LogP contribution in [0.3, 0.4) is 0 Å². The van der Waals surface area contributed by atoms with Crippen molar-refractivity contribution in [2.45, 2.75) is 19.3 Å².